The van der Waals surface area contributed by atoms with Gasteiger partial charge in [-0.3, -0.25) is 4.79 Å². The number of hydrogen-bond acceptors (Lipinski definition) is 2. The molecule has 4 heteroatoms. The van der Waals surface area contributed by atoms with Gasteiger partial charge in [0.05, 0.1) is 12.5 Å². The normalized spacial score (nSPS) is 10.0. The number of hydrogen-bond donors (Lipinski definition) is 0. The van der Waals surface area contributed by atoms with E-state index in [1.54, 1.807) is 24.5 Å². The topological polar surface area (TPSA) is 33.5 Å². The van der Waals surface area contributed by atoms with Crippen LogP contribution in [-0.4, -0.2) is 23.2 Å². The summed E-state index contributed by atoms with van der Waals surface area (Å²) in [7, 11) is 1.79. The molecule has 0 aliphatic heterocycles. The van der Waals surface area contributed by atoms with Gasteiger partial charge >= 0.3 is 0 Å². The van der Waals surface area contributed by atoms with E-state index in [1.807, 2.05) is 6.07 Å². The van der Waals surface area contributed by atoms with Crippen LogP contribution in [0.4, 0.5) is 0 Å². The smallest absolute Gasteiger partial charge is 0.223 e. The quantitative estimate of drug-likeness (QED) is 0.761. The second kappa shape index (κ2) is 5.07. The third-order valence-corrected chi connectivity index (χ3v) is 2.13. The maximum Gasteiger partial charge on any atom is 0.223 e. The van der Waals surface area contributed by atoms with Crippen molar-refractivity contribution in [1.82, 2.24) is 4.90 Å². The maximum absolute atomic E-state index is 11.3. The Morgan fingerprint density at radius 3 is 3.00 bits per heavy atom. The molecule has 0 spiro atoms. The van der Waals surface area contributed by atoms with Crippen molar-refractivity contribution in [3.8, 4) is 0 Å². The highest BCUT2D eigenvalue weighted by atomic mass is 79.9. The standard InChI is InChI=1S/C9H12BrNO2/c1-11(9(12)2-4-10)6-8-3-5-13-7-8/h3,5,7H,2,4,6H2,1H3. The highest BCUT2D eigenvalue weighted by Gasteiger charge is 2.08. The summed E-state index contributed by atoms with van der Waals surface area (Å²) in [4.78, 5) is 13.0. The van der Waals surface area contributed by atoms with Crippen molar-refractivity contribution < 1.29 is 9.21 Å². The fraction of sp³-hybridized carbons (Fsp3) is 0.444. The molecular weight excluding hydrogens is 234 g/mol. The van der Waals surface area contributed by atoms with Crippen LogP contribution in [-0.2, 0) is 11.3 Å². The Morgan fingerprint density at radius 2 is 2.46 bits per heavy atom. The minimum absolute atomic E-state index is 0.137. The molecule has 0 saturated carbocycles. The maximum atomic E-state index is 11.3. The van der Waals surface area contributed by atoms with Crippen LogP contribution in [0.25, 0.3) is 0 Å². The van der Waals surface area contributed by atoms with Gasteiger partial charge < -0.3 is 9.32 Å². The number of nitrogens with zero attached hydrogens (tertiary/aromatic N) is 1. The largest absolute Gasteiger partial charge is 0.472 e. The second-order valence-corrected chi connectivity index (χ2v) is 3.61. The number of rotatable bonds is 4. The Hall–Kier alpha value is -0.770. The summed E-state index contributed by atoms with van der Waals surface area (Å²) in [6.45, 7) is 0.613. The highest BCUT2D eigenvalue weighted by Crippen LogP contribution is 2.05. The van der Waals surface area contributed by atoms with Gasteiger partial charge in [-0.05, 0) is 6.07 Å². The summed E-state index contributed by atoms with van der Waals surface area (Å²) >= 11 is 3.23. The van der Waals surface area contributed by atoms with E-state index in [2.05, 4.69) is 15.9 Å². The van der Waals surface area contributed by atoms with E-state index in [9.17, 15) is 4.79 Å². The van der Waals surface area contributed by atoms with Crippen molar-refractivity contribution in [1.29, 1.82) is 0 Å². The molecule has 0 radical (unpaired) electrons. The monoisotopic (exact) mass is 245 g/mol. The first-order valence-corrected chi connectivity index (χ1v) is 5.17. The average Bonchev–Trinajstić information content (AvgIpc) is 2.57. The van der Waals surface area contributed by atoms with Crippen molar-refractivity contribution in [2.24, 2.45) is 0 Å². The number of carbonyl (C=O) groups excluding carboxylic acids is 1. The Labute approximate surface area is 85.8 Å². The van der Waals surface area contributed by atoms with Crippen molar-refractivity contribution in [2.75, 3.05) is 12.4 Å². The summed E-state index contributed by atoms with van der Waals surface area (Å²) in [5.74, 6) is 0.137. The molecule has 0 bridgehead atoms. The van der Waals surface area contributed by atoms with E-state index in [1.165, 1.54) is 0 Å². The molecular formula is C9H12BrNO2. The van der Waals surface area contributed by atoms with Crippen molar-refractivity contribution in [3.63, 3.8) is 0 Å². The molecule has 1 aromatic heterocycles. The zero-order valence-electron chi connectivity index (χ0n) is 7.50. The van der Waals surface area contributed by atoms with Crippen LogP contribution >= 0.6 is 15.9 Å². The summed E-state index contributed by atoms with van der Waals surface area (Å²) in [5.41, 5.74) is 1.02. The Morgan fingerprint density at radius 1 is 1.69 bits per heavy atom. The fourth-order valence-electron chi connectivity index (χ4n) is 1.02. The molecule has 0 aliphatic carbocycles. The first-order chi connectivity index (χ1) is 6.24. The summed E-state index contributed by atoms with van der Waals surface area (Å²) in [6.07, 6.45) is 3.80. The average molecular weight is 246 g/mol. The summed E-state index contributed by atoms with van der Waals surface area (Å²) in [6, 6.07) is 1.86. The van der Waals surface area contributed by atoms with E-state index in [4.69, 9.17) is 4.42 Å². The molecule has 0 saturated heterocycles. The number of amides is 1. The second-order valence-electron chi connectivity index (χ2n) is 2.82. The molecule has 3 nitrogen and oxygen atoms in total. The predicted molar refractivity (Wildman–Crippen MR) is 53.6 cm³/mol. The molecule has 1 aromatic rings. The summed E-state index contributed by atoms with van der Waals surface area (Å²) < 4.78 is 4.91. The molecule has 72 valence electrons. The van der Waals surface area contributed by atoms with Crippen LogP contribution in [0.1, 0.15) is 12.0 Å². The van der Waals surface area contributed by atoms with Gasteiger partial charge in [0, 0.05) is 30.9 Å². The van der Waals surface area contributed by atoms with Crippen LogP contribution in [0.15, 0.2) is 23.0 Å². The fourth-order valence-corrected chi connectivity index (χ4v) is 1.36. The first-order valence-electron chi connectivity index (χ1n) is 4.05. The minimum atomic E-state index is 0.137. The molecule has 1 heterocycles. The Kier molecular flexibility index (Phi) is 4.02. The van der Waals surface area contributed by atoms with Crippen LogP contribution in [0.3, 0.4) is 0 Å². The SMILES string of the molecule is CN(Cc1ccoc1)C(=O)CCBr. The molecule has 13 heavy (non-hydrogen) atoms. The predicted octanol–water partition coefficient (Wildman–Crippen LogP) is 2.02. The lowest BCUT2D eigenvalue weighted by Crippen LogP contribution is -2.25. The van der Waals surface area contributed by atoms with Crippen LogP contribution < -0.4 is 0 Å². The Bertz CT molecular complexity index is 259. The summed E-state index contributed by atoms with van der Waals surface area (Å²) in [5, 5.41) is 0.710. The third kappa shape index (κ3) is 3.22. The lowest BCUT2D eigenvalue weighted by molar-refractivity contribution is -0.129. The molecule has 0 fully saturated rings. The Balaban J connectivity index is 2.41. The van der Waals surface area contributed by atoms with Gasteiger partial charge in [0.1, 0.15) is 0 Å². The lowest BCUT2D eigenvalue weighted by atomic mass is 10.3. The molecule has 0 aliphatic rings. The van der Waals surface area contributed by atoms with Gasteiger partial charge in [0.25, 0.3) is 0 Å². The third-order valence-electron chi connectivity index (χ3n) is 1.73. The molecule has 0 unspecified atom stereocenters. The zero-order chi connectivity index (χ0) is 9.68. The van der Waals surface area contributed by atoms with Gasteiger partial charge in [0.15, 0.2) is 0 Å². The number of furan rings is 1. The van der Waals surface area contributed by atoms with Crippen LogP contribution in [0, 0.1) is 0 Å². The van der Waals surface area contributed by atoms with Gasteiger partial charge in [-0.1, -0.05) is 15.9 Å². The molecule has 0 aromatic carbocycles. The molecule has 1 amide bonds. The molecule has 1 rings (SSSR count). The highest BCUT2D eigenvalue weighted by molar-refractivity contribution is 9.09. The van der Waals surface area contributed by atoms with Crippen molar-refractivity contribution in [3.05, 3.63) is 24.2 Å². The molecule has 0 N–H and O–H groups in total. The van der Waals surface area contributed by atoms with Gasteiger partial charge in [-0.2, -0.15) is 0 Å². The van der Waals surface area contributed by atoms with Crippen LogP contribution in [0.2, 0.25) is 0 Å². The van der Waals surface area contributed by atoms with E-state index >= 15 is 0 Å². The van der Waals surface area contributed by atoms with E-state index in [-0.39, 0.29) is 5.91 Å². The van der Waals surface area contributed by atoms with E-state index in [0.29, 0.717) is 18.3 Å². The van der Waals surface area contributed by atoms with Crippen molar-refractivity contribution >= 4 is 21.8 Å². The number of alkyl halides is 1. The number of halogens is 1. The van der Waals surface area contributed by atoms with Crippen LogP contribution in [0.5, 0.6) is 0 Å². The van der Waals surface area contributed by atoms with E-state index in [0.717, 1.165) is 5.56 Å². The van der Waals surface area contributed by atoms with E-state index < -0.39 is 0 Å². The zero-order valence-corrected chi connectivity index (χ0v) is 9.08. The van der Waals surface area contributed by atoms with Gasteiger partial charge in [-0.25, -0.2) is 0 Å². The van der Waals surface area contributed by atoms with Gasteiger partial charge in [-0.15, -0.1) is 0 Å². The van der Waals surface area contributed by atoms with Gasteiger partial charge in [0.2, 0.25) is 5.91 Å². The minimum Gasteiger partial charge on any atom is -0.472 e. The number of carbonyl (C=O) groups is 1. The lowest BCUT2D eigenvalue weighted by Gasteiger charge is -2.14. The van der Waals surface area contributed by atoms with Crippen molar-refractivity contribution in [2.45, 2.75) is 13.0 Å². The first kappa shape index (κ1) is 10.3. The molecule has 0 atom stereocenters.